The van der Waals surface area contributed by atoms with E-state index in [1.807, 2.05) is 0 Å². The van der Waals surface area contributed by atoms with E-state index in [9.17, 15) is 13.3 Å². The molecular formula is C13H11F2O3P. The van der Waals surface area contributed by atoms with Gasteiger partial charge in [0.05, 0.1) is 6.66 Å². The molecule has 0 amide bonds. The molecule has 0 heterocycles. The summed E-state index contributed by atoms with van der Waals surface area (Å²) in [6.07, 6.45) is 0. The van der Waals surface area contributed by atoms with Gasteiger partial charge in [-0.25, -0.2) is 13.3 Å². The summed E-state index contributed by atoms with van der Waals surface area (Å²) in [7, 11) is -3.41. The van der Waals surface area contributed by atoms with E-state index in [1.165, 1.54) is 55.2 Å². The van der Waals surface area contributed by atoms with Crippen molar-refractivity contribution in [2.45, 2.75) is 0 Å². The maximum Gasteiger partial charge on any atom is 0.427 e. The summed E-state index contributed by atoms with van der Waals surface area (Å²) in [5.74, 6) is -0.376. The van der Waals surface area contributed by atoms with Crippen LogP contribution >= 0.6 is 7.60 Å². The van der Waals surface area contributed by atoms with Crippen LogP contribution in [-0.2, 0) is 4.57 Å². The lowest BCUT2D eigenvalue weighted by molar-refractivity contribution is 0.393. The Morgan fingerprint density at radius 1 is 0.789 bits per heavy atom. The quantitative estimate of drug-likeness (QED) is 0.787. The summed E-state index contributed by atoms with van der Waals surface area (Å²) in [4.78, 5) is 0. The van der Waals surface area contributed by atoms with E-state index in [0.29, 0.717) is 0 Å². The van der Waals surface area contributed by atoms with Gasteiger partial charge in [-0.05, 0) is 48.5 Å². The molecule has 2 aromatic carbocycles. The zero-order chi connectivity index (χ0) is 13.9. The topological polar surface area (TPSA) is 35.5 Å². The second kappa shape index (κ2) is 5.41. The summed E-state index contributed by atoms with van der Waals surface area (Å²) in [6.45, 7) is 1.28. The van der Waals surface area contributed by atoms with Crippen molar-refractivity contribution in [1.29, 1.82) is 0 Å². The van der Waals surface area contributed by atoms with Crippen LogP contribution in [-0.4, -0.2) is 6.66 Å². The van der Waals surface area contributed by atoms with Gasteiger partial charge in [-0.3, -0.25) is 0 Å². The molecule has 0 saturated carbocycles. The molecule has 0 N–H and O–H groups in total. The molecule has 0 aromatic heterocycles. The molecule has 19 heavy (non-hydrogen) atoms. The third-order valence-electron chi connectivity index (χ3n) is 2.17. The normalized spacial score (nSPS) is 11.1. The lowest BCUT2D eigenvalue weighted by atomic mass is 10.3. The van der Waals surface area contributed by atoms with Gasteiger partial charge in [-0.2, -0.15) is 0 Å². The fourth-order valence-corrected chi connectivity index (χ4v) is 2.44. The minimum atomic E-state index is -3.41. The van der Waals surface area contributed by atoms with E-state index in [1.54, 1.807) is 0 Å². The number of rotatable bonds is 4. The van der Waals surface area contributed by atoms with Gasteiger partial charge in [0, 0.05) is 0 Å². The van der Waals surface area contributed by atoms with Crippen molar-refractivity contribution >= 4 is 7.60 Å². The molecule has 0 fully saturated rings. The molecule has 2 aromatic rings. The van der Waals surface area contributed by atoms with E-state index >= 15 is 0 Å². The fraction of sp³-hybridized carbons (Fsp3) is 0.0769. The molecule has 0 atom stereocenters. The van der Waals surface area contributed by atoms with Crippen molar-refractivity contribution in [2.75, 3.05) is 6.66 Å². The van der Waals surface area contributed by atoms with E-state index in [-0.39, 0.29) is 11.5 Å². The maximum atomic E-state index is 12.7. The Morgan fingerprint density at radius 3 is 1.42 bits per heavy atom. The highest BCUT2D eigenvalue weighted by molar-refractivity contribution is 7.53. The standard InChI is InChI=1S/C13H11F2O3P/c1-19(16,17-12-6-2-10(14)3-7-12)18-13-8-4-11(15)5-9-13/h2-9H,1H3. The van der Waals surface area contributed by atoms with Crippen LogP contribution in [0.4, 0.5) is 8.78 Å². The second-order valence-corrected chi connectivity index (χ2v) is 5.77. The van der Waals surface area contributed by atoms with Crippen molar-refractivity contribution in [1.82, 2.24) is 0 Å². The largest absolute Gasteiger partial charge is 0.427 e. The highest BCUT2D eigenvalue weighted by Crippen LogP contribution is 2.44. The Balaban J connectivity index is 2.08. The molecule has 0 spiro atoms. The maximum absolute atomic E-state index is 12.7. The number of hydrogen-bond acceptors (Lipinski definition) is 3. The van der Waals surface area contributed by atoms with E-state index in [0.717, 1.165) is 0 Å². The monoisotopic (exact) mass is 284 g/mol. The van der Waals surface area contributed by atoms with Crippen molar-refractivity contribution in [3.05, 3.63) is 60.2 Å². The first kappa shape index (κ1) is 13.6. The molecule has 0 aliphatic heterocycles. The van der Waals surface area contributed by atoms with Crippen LogP contribution in [0.3, 0.4) is 0 Å². The van der Waals surface area contributed by atoms with Crippen LogP contribution < -0.4 is 9.05 Å². The number of halogens is 2. The highest BCUT2D eigenvalue weighted by atomic mass is 31.2. The molecular weight excluding hydrogens is 273 g/mol. The first-order valence-corrected chi connectivity index (χ1v) is 7.41. The van der Waals surface area contributed by atoms with Crippen molar-refractivity contribution in [3.8, 4) is 11.5 Å². The third kappa shape index (κ3) is 4.07. The lowest BCUT2D eigenvalue weighted by Gasteiger charge is -2.16. The predicted octanol–water partition coefficient (Wildman–Crippen LogP) is 4.25. The lowest BCUT2D eigenvalue weighted by Crippen LogP contribution is -1.99. The van der Waals surface area contributed by atoms with Crippen LogP contribution in [0.25, 0.3) is 0 Å². The molecule has 2 rings (SSSR count). The van der Waals surface area contributed by atoms with Crippen LogP contribution in [0.1, 0.15) is 0 Å². The number of benzene rings is 2. The smallest absolute Gasteiger partial charge is 0.416 e. The molecule has 0 aliphatic rings. The Morgan fingerprint density at radius 2 is 1.11 bits per heavy atom. The van der Waals surface area contributed by atoms with Gasteiger partial charge in [-0.15, -0.1) is 0 Å². The summed E-state index contributed by atoms with van der Waals surface area (Å²) < 4.78 is 47.8. The third-order valence-corrected chi connectivity index (χ3v) is 3.25. The highest BCUT2D eigenvalue weighted by Gasteiger charge is 2.20. The minimum Gasteiger partial charge on any atom is -0.416 e. The Labute approximate surface area is 109 Å². The predicted molar refractivity (Wildman–Crippen MR) is 67.6 cm³/mol. The molecule has 0 bridgehead atoms. The second-order valence-electron chi connectivity index (χ2n) is 3.86. The average Bonchev–Trinajstić information content (AvgIpc) is 2.34. The summed E-state index contributed by atoms with van der Waals surface area (Å²) >= 11 is 0. The minimum absolute atomic E-state index is 0.231. The Bertz CT molecular complexity index is 545. The zero-order valence-corrected chi connectivity index (χ0v) is 10.9. The first-order valence-electron chi connectivity index (χ1n) is 5.42. The van der Waals surface area contributed by atoms with Crippen LogP contribution in [0, 0.1) is 11.6 Å². The molecule has 0 radical (unpaired) electrons. The molecule has 100 valence electrons. The molecule has 0 unspecified atom stereocenters. The molecule has 3 nitrogen and oxygen atoms in total. The van der Waals surface area contributed by atoms with Gasteiger partial charge >= 0.3 is 7.60 Å². The Kier molecular flexibility index (Phi) is 3.86. The van der Waals surface area contributed by atoms with E-state index in [2.05, 4.69) is 0 Å². The van der Waals surface area contributed by atoms with E-state index < -0.39 is 19.2 Å². The molecule has 6 heteroatoms. The molecule has 0 saturated heterocycles. The zero-order valence-electron chi connectivity index (χ0n) is 10.0. The molecule has 0 aliphatic carbocycles. The van der Waals surface area contributed by atoms with Gasteiger partial charge in [0.25, 0.3) is 0 Å². The SMILES string of the molecule is CP(=O)(Oc1ccc(F)cc1)Oc1ccc(F)cc1. The van der Waals surface area contributed by atoms with Crippen LogP contribution in [0.5, 0.6) is 11.5 Å². The van der Waals surface area contributed by atoms with Crippen molar-refractivity contribution in [3.63, 3.8) is 0 Å². The van der Waals surface area contributed by atoms with Crippen LogP contribution in [0.15, 0.2) is 48.5 Å². The van der Waals surface area contributed by atoms with Gasteiger partial charge in [0.1, 0.15) is 23.1 Å². The van der Waals surface area contributed by atoms with Gasteiger partial charge in [-0.1, -0.05) is 0 Å². The van der Waals surface area contributed by atoms with Gasteiger partial charge in [0.2, 0.25) is 0 Å². The summed E-state index contributed by atoms with van der Waals surface area (Å²) in [5.41, 5.74) is 0. The van der Waals surface area contributed by atoms with Gasteiger partial charge in [0.15, 0.2) is 0 Å². The van der Waals surface area contributed by atoms with Crippen molar-refractivity contribution < 1.29 is 22.4 Å². The van der Waals surface area contributed by atoms with E-state index in [4.69, 9.17) is 9.05 Å². The van der Waals surface area contributed by atoms with Gasteiger partial charge < -0.3 is 9.05 Å². The first-order chi connectivity index (χ1) is 8.94. The fourth-order valence-electron chi connectivity index (χ4n) is 1.39. The summed E-state index contributed by atoms with van der Waals surface area (Å²) in [6, 6.07) is 10.1. The van der Waals surface area contributed by atoms with Crippen molar-refractivity contribution in [2.24, 2.45) is 0 Å². The van der Waals surface area contributed by atoms with Crippen LogP contribution in [0.2, 0.25) is 0 Å². The average molecular weight is 284 g/mol. The summed E-state index contributed by atoms with van der Waals surface area (Å²) in [5, 5.41) is 0. The number of hydrogen-bond donors (Lipinski definition) is 0. The Hall–Kier alpha value is -1.87.